The van der Waals surface area contributed by atoms with Gasteiger partial charge in [-0.3, -0.25) is 0 Å². The molecule has 0 fully saturated rings. The summed E-state index contributed by atoms with van der Waals surface area (Å²) in [4.78, 5) is 13.7. The monoisotopic (exact) mass is 284 g/mol. The summed E-state index contributed by atoms with van der Waals surface area (Å²) in [7, 11) is 0. The Balaban J connectivity index is 1.92. The molecule has 2 aromatic heterocycles. The molecule has 0 bridgehead atoms. The first kappa shape index (κ1) is 13.0. The summed E-state index contributed by atoms with van der Waals surface area (Å²) in [5.74, 6) is 0.821. The Morgan fingerprint density at radius 2 is 1.75 bits per heavy atom. The van der Waals surface area contributed by atoms with Gasteiger partial charge >= 0.3 is 0 Å². The first-order valence-corrected chi connectivity index (χ1v) is 7.43. The number of rotatable bonds is 3. The molecule has 0 saturated carbocycles. The Bertz CT molecular complexity index is 750. The molecule has 4 nitrogen and oxygen atoms in total. The van der Waals surface area contributed by atoms with Gasteiger partial charge in [-0.1, -0.05) is 12.1 Å². The van der Waals surface area contributed by atoms with Crippen molar-refractivity contribution in [1.29, 1.82) is 0 Å². The van der Waals surface area contributed by atoms with E-state index in [4.69, 9.17) is 0 Å². The van der Waals surface area contributed by atoms with Gasteiger partial charge in [-0.15, -0.1) is 11.3 Å². The van der Waals surface area contributed by atoms with Gasteiger partial charge in [0.05, 0.1) is 33.5 Å². The molecule has 1 aromatic carbocycles. The molecule has 1 N–H and O–H groups in total. The number of benzene rings is 1. The third-order valence-corrected chi connectivity index (χ3v) is 3.97. The summed E-state index contributed by atoms with van der Waals surface area (Å²) >= 11 is 1.66. The largest absolute Gasteiger partial charge is 0.360 e. The number of hydrogen-bond donors (Lipinski definition) is 1. The maximum absolute atomic E-state index is 4.65. The van der Waals surface area contributed by atoms with E-state index in [-0.39, 0.29) is 6.04 Å². The lowest BCUT2D eigenvalue weighted by Gasteiger charge is -2.14. The molecule has 20 heavy (non-hydrogen) atoms. The number of anilines is 1. The van der Waals surface area contributed by atoms with Crippen molar-refractivity contribution in [1.82, 2.24) is 15.0 Å². The molecule has 0 aliphatic rings. The van der Waals surface area contributed by atoms with Crippen molar-refractivity contribution in [2.24, 2.45) is 0 Å². The molecule has 0 amide bonds. The number of nitrogens with one attached hydrogen (secondary N) is 1. The summed E-state index contributed by atoms with van der Waals surface area (Å²) in [6, 6.07) is 8.03. The van der Waals surface area contributed by atoms with Crippen LogP contribution in [-0.4, -0.2) is 15.0 Å². The SMILES string of the molecule is Cc1nc(C(C)Nc2nc3ccccc3nc2C)cs1. The topological polar surface area (TPSA) is 50.7 Å². The standard InChI is InChI=1S/C15H16N4S/c1-9(14-8-20-11(3)18-14)17-15-10(2)16-12-6-4-5-7-13(12)19-15/h4-9H,1-3H3,(H,17,19). The highest BCUT2D eigenvalue weighted by Crippen LogP contribution is 2.22. The maximum Gasteiger partial charge on any atom is 0.148 e. The Labute approximate surface area is 121 Å². The first-order valence-electron chi connectivity index (χ1n) is 6.55. The fourth-order valence-corrected chi connectivity index (χ4v) is 2.79. The minimum absolute atomic E-state index is 0.120. The second-order valence-corrected chi connectivity index (χ2v) is 5.87. The van der Waals surface area contributed by atoms with E-state index in [0.29, 0.717) is 0 Å². The predicted octanol–water partition coefficient (Wildman–Crippen LogP) is 3.88. The number of aryl methyl sites for hydroxylation is 2. The van der Waals surface area contributed by atoms with Crippen molar-refractivity contribution in [3.8, 4) is 0 Å². The molecule has 0 aliphatic heterocycles. The van der Waals surface area contributed by atoms with Crippen molar-refractivity contribution in [3.63, 3.8) is 0 Å². The fraction of sp³-hybridized carbons (Fsp3) is 0.267. The molecule has 2 heterocycles. The predicted molar refractivity (Wildman–Crippen MR) is 83.2 cm³/mol. The number of aromatic nitrogens is 3. The normalized spacial score (nSPS) is 12.6. The maximum atomic E-state index is 4.65. The minimum Gasteiger partial charge on any atom is -0.360 e. The van der Waals surface area contributed by atoms with Gasteiger partial charge in [-0.2, -0.15) is 0 Å². The molecular weight excluding hydrogens is 268 g/mol. The fourth-order valence-electron chi connectivity index (χ4n) is 2.08. The highest BCUT2D eigenvalue weighted by molar-refractivity contribution is 7.09. The van der Waals surface area contributed by atoms with Crippen LogP contribution < -0.4 is 5.32 Å². The van der Waals surface area contributed by atoms with Gasteiger partial charge in [0.15, 0.2) is 0 Å². The highest BCUT2D eigenvalue weighted by atomic mass is 32.1. The van der Waals surface area contributed by atoms with Gasteiger partial charge in [0.2, 0.25) is 0 Å². The highest BCUT2D eigenvalue weighted by Gasteiger charge is 2.12. The van der Waals surface area contributed by atoms with Gasteiger partial charge < -0.3 is 5.32 Å². The van der Waals surface area contributed by atoms with Crippen molar-refractivity contribution in [3.05, 3.63) is 46.0 Å². The van der Waals surface area contributed by atoms with Gasteiger partial charge in [-0.05, 0) is 32.9 Å². The van der Waals surface area contributed by atoms with E-state index >= 15 is 0 Å². The average molecular weight is 284 g/mol. The van der Waals surface area contributed by atoms with Crippen LogP contribution in [0.1, 0.15) is 29.4 Å². The minimum atomic E-state index is 0.120. The lowest BCUT2D eigenvalue weighted by atomic mass is 10.2. The van der Waals surface area contributed by atoms with Crippen LogP contribution in [0, 0.1) is 13.8 Å². The van der Waals surface area contributed by atoms with E-state index in [1.165, 1.54) is 0 Å². The lowest BCUT2D eigenvalue weighted by Crippen LogP contribution is -2.10. The number of hydrogen-bond acceptors (Lipinski definition) is 5. The van der Waals surface area contributed by atoms with E-state index in [9.17, 15) is 0 Å². The summed E-state index contributed by atoms with van der Waals surface area (Å²) < 4.78 is 0. The first-order chi connectivity index (χ1) is 9.63. The molecule has 102 valence electrons. The third kappa shape index (κ3) is 2.49. The van der Waals surface area contributed by atoms with E-state index < -0.39 is 0 Å². The Hall–Kier alpha value is -2.01. The van der Waals surface area contributed by atoms with Crippen molar-refractivity contribution in [2.45, 2.75) is 26.8 Å². The molecule has 1 unspecified atom stereocenters. The Morgan fingerprint density at radius 1 is 1.05 bits per heavy atom. The molecular formula is C15H16N4S. The van der Waals surface area contributed by atoms with Crippen LogP contribution in [0.25, 0.3) is 11.0 Å². The van der Waals surface area contributed by atoms with Crippen LogP contribution in [0.2, 0.25) is 0 Å². The molecule has 5 heteroatoms. The number of para-hydroxylation sites is 2. The number of nitrogens with zero attached hydrogens (tertiary/aromatic N) is 3. The van der Waals surface area contributed by atoms with Crippen molar-refractivity contribution >= 4 is 28.2 Å². The van der Waals surface area contributed by atoms with Gasteiger partial charge in [0.1, 0.15) is 5.82 Å². The number of fused-ring (bicyclic) bond motifs is 1. The zero-order valence-electron chi connectivity index (χ0n) is 11.7. The van der Waals surface area contributed by atoms with E-state index in [1.807, 2.05) is 38.1 Å². The second-order valence-electron chi connectivity index (χ2n) is 4.80. The second kappa shape index (κ2) is 5.17. The van der Waals surface area contributed by atoms with Crippen LogP contribution in [0.5, 0.6) is 0 Å². The van der Waals surface area contributed by atoms with Crippen LogP contribution >= 0.6 is 11.3 Å². The molecule has 0 saturated heterocycles. The van der Waals surface area contributed by atoms with E-state index in [1.54, 1.807) is 11.3 Å². The quantitative estimate of drug-likeness (QED) is 0.793. The molecule has 0 aliphatic carbocycles. The van der Waals surface area contributed by atoms with Gasteiger partial charge in [-0.25, -0.2) is 15.0 Å². The van der Waals surface area contributed by atoms with E-state index in [0.717, 1.165) is 33.2 Å². The van der Waals surface area contributed by atoms with Crippen LogP contribution in [0.15, 0.2) is 29.6 Å². The zero-order valence-corrected chi connectivity index (χ0v) is 12.5. The smallest absolute Gasteiger partial charge is 0.148 e. The summed E-state index contributed by atoms with van der Waals surface area (Å²) in [5.41, 5.74) is 3.78. The third-order valence-electron chi connectivity index (χ3n) is 3.18. The van der Waals surface area contributed by atoms with Crippen LogP contribution in [0.4, 0.5) is 5.82 Å². The molecule has 1 atom stereocenters. The van der Waals surface area contributed by atoms with Crippen LogP contribution in [-0.2, 0) is 0 Å². The summed E-state index contributed by atoms with van der Waals surface area (Å²) in [5, 5.41) is 6.56. The summed E-state index contributed by atoms with van der Waals surface area (Å²) in [6.07, 6.45) is 0. The molecule has 3 rings (SSSR count). The molecule has 0 radical (unpaired) electrons. The van der Waals surface area contributed by atoms with Gasteiger partial charge in [0.25, 0.3) is 0 Å². The molecule has 3 aromatic rings. The lowest BCUT2D eigenvalue weighted by molar-refractivity contribution is 0.834. The van der Waals surface area contributed by atoms with E-state index in [2.05, 4.69) is 32.6 Å². The molecule has 0 spiro atoms. The Kier molecular flexibility index (Phi) is 3.36. The Morgan fingerprint density at radius 3 is 2.40 bits per heavy atom. The number of thiazole rings is 1. The summed E-state index contributed by atoms with van der Waals surface area (Å²) in [6.45, 7) is 6.08. The average Bonchev–Trinajstić information content (AvgIpc) is 2.86. The van der Waals surface area contributed by atoms with Crippen molar-refractivity contribution < 1.29 is 0 Å². The van der Waals surface area contributed by atoms with Gasteiger partial charge in [0, 0.05) is 5.38 Å². The van der Waals surface area contributed by atoms with Crippen LogP contribution in [0.3, 0.4) is 0 Å². The zero-order chi connectivity index (χ0) is 14.1. The van der Waals surface area contributed by atoms with Crippen molar-refractivity contribution in [2.75, 3.05) is 5.32 Å².